The van der Waals surface area contributed by atoms with E-state index in [0.717, 1.165) is 38.4 Å². The number of piperidine rings is 1. The summed E-state index contributed by atoms with van der Waals surface area (Å²) in [4.78, 5) is 14.8. The summed E-state index contributed by atoms with van der Waals surface area (Å²) in [6.45, 7) is 10.4. The van der Waals surface area contributed by atoms with Crippen LogP contribution >= 0.6 is 0 Å². The topological polar surface area (TPSA) is 65.4 Å². The van der Waals surface area contributed by atoms with Crippen molar-refractivity contribution >= 4 is 5.91 Å². The first-order valence-corrected chi connectivity index (χ1v) is 10.6. The molecule has 0 spiro atoms. The van der Waals surface area contributed by atoms with Crippen molar-refractivity contribution in [3.05, 3.63) is 29.8 Å². The van der Waals surface area contributed by atoms with Crippen LogP contribution in [0.1, 0.15) is 58.4 Å². The number of carbonyl (C=O) groups is 1. The minimum atomic E-state index is 0.127. The molecule has 5 nitrogen and oxygen atoms in total. The number of likely N-dealkylation sites (tertiary alicyclic amines) is 1. The number of ether oxygens (including phenoxy) is 1. The summed E-state index contributed by atoms with van der Waals surface area (Å²) in [6, 6.07) is 9.68. The van der Waals surface area contributed by atoms with Gasteiger partial charge in [-0.15, -0.1) is 0 Å². The number of hydrogen-bond acceptors (Lipinski definition) is 4. The molecule has 1 fully saturated rings. The third kappa shape index (κ3) is 7.52. The van der Waals surface area contributed by atoms with Crippen molar-refractivity contribution in [3.8, 4) is 11.8 Å². The minimum absolute atomic E-state index is 0.127. The summed E-state index contributed by atoms with van der Waals surface area (Å²) in [5.74, 6) is 2.19. The lowest BCUT2D eigenvalue weighted by Gasteiger charge is -2.38. The summed E-state index contributed by atoms with van der Waals surface area (Å²) in [5.41, 5.74) is 0.597. The van der Waals surface area contributed by atoms with Crippen LogP contribution in [0.15, 0.2) is 24.3 Å². The predicted octanol–water partition coefficient (Wildman–Crippen LogP) is 3.98. The summed E-state index contributed by atoms with van der Waals surface area (Å²) in [5, 5.41) is 12.0. The zero-order valence-electron chi connectivity index (χ0n) is 17.6. The molecule has 1 aromatic carbocycles. The standard InChI is InChI=1S/C23H35N3O2/c1-18(2)22(26-12-10-19(3)11-13-26)17-25-23(27)9-4-5-14-28-21-8-6-7-20(15-21)16-24/h6-8,15,18-19,22H,4-5,9-14,17H2,1-3H3,(H,25,27). The average Bonchev–Trinajstić information content (AvgIpc) is 2.69. The second-order valence-corrected chi connectivity index (χ2v) is 8.28. The molecule has 1 aliphatic rings. The van der Waals surface area contributed by atoms with Gasteiger partial charge in [-0.3, -0.25) is 9.69 Å². The Morgan fingerprint density at radius 3 is 2.75 bits per heavy atom. The molecule has 0 aliphatic carbocycles. The van der Waals surface area contributed by atoms with Gasteiger partial charge in [-0.05, 0) is 68.8 Å². The van der Waals surface area contributed by atoms with E-state index in [1.165, 1.54) is 12.8 Å². The van der Waals surface area contributed by atoms with Gasteiger partial charge in [-0.25, -0.2) is 0 Å². The van der Waals surface area contributed by atoms with E-state index in [-0.39, 0.29) is 5.91 Å². The van der Waals surface area contributed by atoms with E-state index in [9.17, 15) is 4.79 Å². The maximum atomic E-state index is 12.2. The van der Waals surface area contributed by atoms with Crippen molar-refractivity contribution in [1.82, 2.24) is 10.2 Å². The normalized spacial score (nSPS) is 16.5. The van der Waals surface area contributed by atoms with E-state index in [1.54, 1.807) is 12.1 Å². The van der Waals surface area contributed by atoms with E-state index in [1.807, 2.05) is 12.1 Å². The third-order valence-corrected chi connectivity index (χ3v) is 5.60. The van der Waals surface area contributed by atoms with Gasteiger partial charge in [0.15, 0.2) is 0 Å². The zero-order chi connectivity index (χ0) is 20.4. The lowest BCUT2D eigenvalue weighted by molar-refractivity contribution is -0.121. The van der Waals surface area contributed by atoms with E-state index in [2.05, 4.69) is 37.1 Å². The Morgan fingerprint density at radius 2 is 2.07 bits per heavy atom. The highest BCUT2D eigenvalue weighted by atomic mass is 16.5. The van der Waals surface area contributed by atoms with Gasteiger partial charge in [0.2, 0.25) is 5.91 Å². The Hall–Kier alpha value is -2.06. The molecule has 0 saturated carbocycles. The molecule has 2 rings (SSSR count). The molecule has 0 radical (unpaired) electrons. The lowest BCUT2D eigenvalue weighted by Crippen LogP contribution is -2.49. The van der Waals surface area contributed by atoms with Crippen molar-refractivity contribution in [2.24, 2.45) is 11.8 Å². The van der Waals surface area contributed by atoms with Gasteiger partial charge in [-0.1, -0.05) is 26.8 Å². The molecule has 28 heavy (non-hydrogen) atoms. The third-order valence-electron chi connectivity index (χ3n) is 5.60. The van der Waals surface area contributed by atoms with E-state index < -0.39 is 0 Å². The molecule has 0 aromatic heterocycles. The van der Waals surface area contributed by atoms with Gasteiger partial charge in [0, 0.05) is 19.0 Å². The minimum Gasteiger partial charge on any atom is -0.494 e. The SMILES string of the molecule is CC1CCN(C(CNC(=O)CCCCOc2cccc(C#N)c2)C(C)C)CC1. The number of rotatable bonds is 10. The molecule has 5 heteroatoms. The Morgan fingerprint density at radius 1 is 1.32 bits per heavy atom. The van der Waals surface area contributed by atoms with Crippen molar-refractivity contribution in [2.75, 3.05) is 26.2 Å². The van der Waals surface area contributed by atoms with E-state index in [0.29, 0.717) is 36.3 Å². The molecule has 0 bridgehead atoms. The first kappa shape index (κ1) is 22.2. The van der Waals surface area contributed by atoms with Crippen LogP contribution in [0, 0.1) is 23.2 Å². The molecule has 1 heterocycles. The number of nitriles is 1. The molecular formula is C23H35N3O2. The monoisotopic (exact) mass is 385 g/mol. The van der Waals surface area contributed by atoms with Crippen LogP contribution in [0.4, 0.5) is 0 Å². The number of carbonyl (C=O) groups excluding carboxylic acids is 1. The van der Waals surface area contributed by atoms with Gasteiger partial charge in [0.25, 0.3) is 0 Å². The molecule has 1 atom stereocenters. The maximum Gasteiger partial charge on any atom is 0.220 e. The van der Waals surface area contributed by atoms with Gasteiger partial charge >= 0.3 is 0 Å². The van der Waals surface area contributed by atoms with Gasteiger partial charge < -0.3 is 10.1 Å². The highest BCUT2D eigenvalue weighted by Gasteiger charge is 2.25. The maximum absolute atomic E-state index is 12.2. The highest BCUT2D eigenvalue weighted by Crippen LogP contribution is 2.21. The van der Waals surface area contributed by atoms with Gasteiger partial charge in [0.05, 0.1) is 18.2 Å². The number of hydrogen-bond donors (Lipinski definition) is 1. The van der Waals surface area contributed by atoms with Crippen LogP contribution < -0.4 is 10.1 Å². The molecule has 1 saturated heterocycles. The molecule has 154 valence electrons. The Labute approximate surface area is 170 Å². The zero-order valence-corrected chi connectivity index (χ0v) is 17.6. The molecular weight excluding hydrogens is 350 g/mol. The second kappa shape index (κ2) is 11.7. The summed E-state index contributed by atoms with van der Waals surface area (Å²) in [7, 11) is 0. The fraction of sp³-hybridized carbons (Fsp3) is 0.652. The molecule has 1 N–H and O–H groups in total. The molecule has 1 aliphatic heterocycles. The number of benzene rings is 1. The lowest BCUT2D eigenvalue weighted by atomic mass is 9.94. The van der Waals surface area contributed by atoms with Crippen LogP contribution in [0.25, 0.3) is 0 Å². The fourth-order valence-corrected chi connectivity index (χ4v) is 3.69. The Bertz CT molecular complexity index is 645. The van der Waals surface area contributed by atoms with Crippen LogP contribution in [-0.2, 0) is 4.79 Å². The summed E-state index contributed by atoms with van der Waals surface area (Å²) in [6.07, 6.45) is 4.67. The largest absolute Gasteiger partial charge is 0.494 e. The number of unbranched alkanes of at least 4 members (excludes halogenated alkanes) is 1. The first-order chi connectivity index (χ1) is 13.5. The van der Waals surface area contributed by atoms with Crippen molar-refractivity contribution in [1.29, 1.82) is 5.26 Å². The molecule has 1 amide bonds. The highest BCUT2D eigenvalue weighted by molar-refractivity contribution is 5.75. The van der Waals surface area contributed by atoms with Crippen molar-refractivity contribution < 1.29 is 9.53 Å². The number of nitrogens with one attached hydrogen (secondary N) is 1. The van der Waals surface area contributed by atoms with Gasteiger partial charge in [0.1, 0.15) is 5.75 Å². The summed E-state index contributed by atoms with van der Waals surface area (Å²) < 4.78 is 5.66. The second-order valence-electron chi connectivity index (χ2n) is 8.28. The predicted molar refractivity (Wildman–Crippen MR) is 112 cm³/mol. The van der Waals surface area contributed by atoms with Crippen molar-refractivity contribution in [2.45, 2.75) is 58.9 Å². The Kier molecular flexibility index (Phi) is 9.30. The quantitative estimate of drug-likeness (QED) is 0.619. The average molecular weight is 386 g/mol. The first-order valence-electron chi connectivity index (χ1n) is 10.6. The van der Waals surface area contributed by atoms with Crippen LogP contribution in [0.5, 0.6) is 5.75 Å². The molecule has 1 unspecified atom stereocenters. The van der Waals surface area contributed by atoms with Crippen LogP contribution in [0.3, 0.4) is 0 Å². The van der Waals surface area contributed by atoms with Crippen LogP contribution in [0.2, 0.25) is 0 Å². The van der Waals surface area contributed by atoms with E-state index >= 15 is 0 Å². The Balaban J connectivity index is 1.62. The van der Waals surface area contributed by atoms with E-state index in [4.69, 9.17) is 10.00 Å². The number of amides is 1. The fourth-order valence-electron chi connectivity index (χ4n) is 3.69. The van der Waals surface area contributed by atoms with Crippen LogP contribution in [-0.4, -0.2) is 43.1 Å². The van der Waals surface area contributed by atoms with Crippen molar-refractivity contribution in [3.63, 3.8) is 0 Å². The smallest absolute Gasteiger partial charge is 0.220 e. The number of nitrogens with zero attached hydrogens (tertiary/aromatic N) is 2. The molecule has 1 aromatic rings. The van der Waals surface area contributed by atoms with Gasteiger partial charge in [-0.2, -0.15) is 5.26 Å². The summed E-state index contributed by atoms with van der Waals surface area (Å²) >= 11 is 0.